The van der Waals surface area contributed by atoms with Gasteiger partial charge in [0.2, 0.25) is 0 Å². The van der Waals surface area contributed by atoms with Gasteiger partial charge in [0.1, 0.15) is 0 Å². The lowest BCUT2D eigenvalue weighted by molar-refractivity contribution is -0.145. The molecule has 0 saturated carbocycles. The Labute approximate surface area is 206 Å². The lowest BCUT2D eigenvalue weighted by Crippen LogP contribution is -2.27. The monoisotopic (exact) mass is 510 g/mol. The fourth-order valence-corrected chi connectivity index (χ4v) is 4.79. The highest BCUT2D eigenvalue weighted by atomic mass is 35.5. The maximum absolute atomic E-state index is 13.0. The van der Waals surface area contributed by atoms with Crippen LogP contribution in [0.2, 0.25) is 10.0 Å². The second-order valence-electron chi connectivity index (χ2n) is 6.84. The Morgan fingerprint density at radius 1 is 1.19 bits per heavy atom. The second-order valence-corrected chi connectivity index (χ2v) is 9.33. The first-order chi connectivity index (χ1) is 15.2. The average Bonchev–Trinajstić information content (AvgIpc) is 3.00. The molecule has 1 fully saturated rings. The molecule has 10 heteroatoms. The van der Waals surface area contributed by atoms with E-state index < -0.39 is 5.97 Å². The SMILES string of the molecule is CCOC(=O)COc1c(Cl)cc(/C=C2\SC(=S)N(c3ccc(N(C)C)cc3)C2=O)cc1Cl. The summed E-state index contributed by atoms with van der Waals surface area (Å²) in [6, 6.07) is 10.8. The number of hydrogen-bond acceptors (Lipinski definition) is 7. The van der Waals surface area contributed by atoms with E-state index in [-0.39, 0.29) is 34.9 Å². The van der Waals surface area contributed by atoms with Crippen molar-refractivity contribution >= 4 is 80.8 Å². The molecule has 2 aromatic carbocycles. The normalized spacial score (nSPS) is 14.8. The summed E-state index contributed by atoms with van der Waals surface area (Å²) >= 11 is 19.2. The van der Waals surface area contributed by atoms with E-state index in [1.54, 1.807) is 25.1 Å². The van der Waals surface area contributed by atoms with Gasteiger partial charge in [0.25, 0.3) is 5.91 Å². The Balaban J connectivity index is 1.80. The number of hydrogen-bond donors (Lipinski definition) is 0. The summed E-state index contributed by atoms with van der Waals surface area (Å²) in [5, 5.41) is 0.422. The zero-order valence-electron chi connectivity index (χ0n) is 17.6. The molecule has 0 aliphatic carbocycles. The predicted molar refractivity (Wildman–Crippen MR) is 135 cm³/mol. The van der Waals surface area contributed by atoms with Gasteiger partial charge in [-0.25, -0.2) is 4.79 Å². The summed E-state index contributed by atoms with van der Waals surface area (Å²) in [7, 11) is 3.89. The van der Waals surface area contributed by atoms with Crippen LogP contribution in [0.5, 0.6) is 5.75 Å². The Kier molecular flexibility index (Phi) is 8.05. The van der Waals surface area contributed by atoms with Crippen LogP contribution >= 0.6 is 47.2 Å². The van der Waals surface area contributed by atoms with Crippen LogP contribution in [-0.4, -0.2) is 43.5 Å². The fraction of sp³-hybridized carbons (Fsp3) is 0.227. The minimum atomic E-state index is -0.522. The number of benzene rings is 2. The Morgan fingerprint density at radius 2 is 1.81 bits per heavy atom. The summed E-state index contributed by atoms with van der Waals surface area (Å²) in [4.78, 5) is 28.4. The molecule has 168 valence electrons. The fourth-order valence-electron chi connectivity index (χ4n) is 2.88. The van der Waals surface area contributed by atoms with Crippen LogP contribution in [0.3, 0.4) is 0 Å². The van der Waals surface area contributed by atoms with Crippen LogP contribution in [0.1, 0.15) is 12.5 Å². The van der Waals surface area contributed by atoms with Gasteiger partial charge in [-0.15, -0.1) is 0 Å². The number of esters is 1. The van der Waals surface area contributed by atoms with Gasteiger partial charge in [0.15, 0.2) is 16.7 Å². The van der Waals surface area contributed by atoms with Crippen LogP contribution in [0.15, 0.2) is 41.3 Å². The number of carbonyl (C=O) groups is 2. The highest BCUT2D eigenvalue weighted by Gasteiger charge is 2.33. The van der Waals surface area contributed by atoms with E-state index in [4.69, 9.17) is 44.9 Å². The van der Waals surface area contributed by atoms with Crippen molar-refractivity contribution in [2.45, 2.75) is 6.92 Å². The number of rotatable bonds is 7. The first-order valence-corrected chi connectivity index (χ1v) is 11.5. The number of anilines is 2. The minimum Gasteiger partial charge on any atom is -0.479 e. The highest BCUT2D eigenvalue weighted by molar-refractivity contribution is 8.27. The van der Waals surface area contributed by atoms with E-state index in [2.05, 4.69) is 0 Å². The van der Waals surface area contributed by atoms with Gasteiger partial charge >= 0.3 is 5.97 Å². The molecule has 0 atom stereocenters. The molecule has 0 aromatic heterocycles. The van der Waals surface area contributed by atoms with Crippen molar-refractivity contribution in [3.05, 3.63) is 56.9 Å². The number of halogens is 2. The number of thioether (sulfide) groups is 1. The topological polar surface area (TPSA) is 59.1 Å². The number of ether oxygens (including phenoxy) is 2. The third-order valence-electron chi connectivity index (χ3n) is 4.38. The van der Waals surface area contributed by atoms with Crippen LogP contribution in [-0.2, 0) is 14.3 Å². The van der Waals surface area contributed by atoms with Gasteiger partial charge in [-0.1, -0.05) is 47.2 Å². The minimum absolute atomic E-state index is 0.173. The van der Waals surface area contributed by atoms with Crippen molar-refractivity contribution in [3.63, 3.8) is 0 Å². The van der Waals surface area contributed by atoms with E-state index in [0.717, 1.165) is 5.69 Å². The van der Waals surface area contributed by atoms with Crippen LogP contribution in [0, 0.1) is 0 Å². The van der Waals surface area contributed by atoms with E-state index in [9.17, 15) is 9.59 Å². The summed E-state index contributed by atoms with van der Waals surface area (Å²) in [6.07, 6.45) is 1.67. The Morgan fingerprint density at radius 3 is 2.38 bits per heavy atom. The standard InChI is InChI=1S/C22H20Cl2N2O4S2/c1-4-29-19(27)12-30-20-16(23)9-13(10-17(20)24)11-18-21(28)26(22(31)32-18)15-7-5-14(6-8-15)25(2)3/h5-11H,4,12H2,1-3H3/b18-11-. The number of carbonyl (C=O) groups excluding carboxylic acids is 2. The van der Waals surface area contributed by atoms with E-state index >= 15 is 0 Å². The van der Waals surface area contributed by atoms with Gasteiger partial charge in [-0.3, -0.25) is 9.69 Å². The average molecular weight is 511 g/mol. The summed E-state index contributed by atoms with van der Waals surface area (Å²) in [5.41, 5.74) is 2.32. The quantitative estimate of drug-likeness (QED) is 0.280. The molecule has 0 N–H and O–H groups in total. The molecule has 1 heterocycles. The smallest absolute Gasteiger partial charge is 0.344 e. The second kappa shape index (κ2) is 10.6. The largest absolute Gasteiger partial charge is 0.479 e. The van der Waals surface area contributed by atoms with E-state index in [0.29, 0.717) is 20.5 Å². The van der Waals surface area contributed by atoms with Gasteiger partial charge in [0, 0.05) is 19.8 Å². The van der Waals surface area contributed by atoms with E-state index in [1.165, 1.54) is 16.7 Å². The molecule has 0 bridgehead atoms. The molecular weight excluding hydrogens is 491 g/mol. The molecule has 0 spiro atoms. The third-order valence-corrected chi connectivity index (χ3v) is 6.24. The molecule has 6 nitrogen and oxygen atoms in total. The zero-order chi connectivity index (χ0) is 23.4. The van der Waals surface area contributed by atoms with Crippen molar-refractivity contribution in [1.29, 1.82) is 0 Å². The zero-order valence-corrected chi connectivity index (χ0v) is 20.7. The van der Waals surface area contributed by atoms with Crippen LogP contribution in [0.4, 0.5) is 11.4 Å². The van der Waals surface area contributed by atoms with Crippen molar-refractivity contribution < 1.29 is 19.1 Å². The van der Waals surface area contributed by atoms with Crippen molar-refractivity contribution in [1.82, 2.24) is 0 Å². The molecular formula is C22H20Cl2N2O4S2. The molecule has 0 radical (unpaired) electrons. The van der Waals surface area contributed by atoms with Crippen molar-refractivity contribution in [3.8, 4) is 5.75 Å². The summed E-state index contributed by atoms with van der Waals surface area (Å²) < 4.78 is 10.6. The predicted octanol–water partition coefficient (Wildman–Crippen LogP) is 5.41. The maximum atomic E-state index is 13.0. The Bertz CT molecular complexity index is 1060. The van der Waals surface area contributed by atoms with Crippen molar-refractivity contribution in [2.24, 2.45) is 0 Å². The first kappa shape index (κ1) is 24.4. The lowest BCUT2D eigenvalue weighted by Gasteiger charge is -2.17. The summed E-state index contributed by atoms with van der Waals surface area (Å²) in [6.45, 7) is 1.65. The van der Waals surface area contributed by atoms with Gasteiger partial charge in [0.05, 0.1) is 27.2 Å². The van der Waals surface area contributed by atoms with Crippen molar-refractivity contribution in [2.75, 3.05) is 37.1 Å². The molecule has 1 saturated heterocycles. The molecule has 2 aromatic rings. The summed E-state index contributed by atoms with van der Waals surface area (Å²) in [5.74, 6) is -0.578. The highest BCUT2D eigenvalue weighted by Crippen LogP contribution is 2.39. The van der Waals surface area contributed by atoms with Gasteiger partial charge < -0.3 is 14.4 Å². The van der Waals surface area contributed by atoms with Gasteiger partial charge in [-0.2, -0.15) is 0 Å². The third kappa shape index (κ3) is 5.56. The number of amides is 1. The molecule has 1 aliphatic heterocycles. The number of thiocarbonyl (C=S) groups is 1. The van der Waals surface area contributed by atoms with Crippen LogP contribution < -0.4 is 14.5 Å². The molecule has 1 aliphatic rings. The molecule has 32 heavy (non-hydrogen) atoms. The van der Waals surface area contributed by atoms with Gasteiger partial charge in [-0.05, 0) is 55.0 Å². The molecule has 3 rings (SSSR count). The lowest BCUT2D eigenvalue weighted by atomic mass is 10.2. The first-order valence-electron chi connectivity index (χ1n) is 9.54. The molecule has 0 unspecified atom stereocenters. The molecule has 1 amide bonds. The van der Waals surface area contributed by atoms with Crippen LogP contribution in [0.25, 0.3) is 6.08 Å². The maximum Gasteiger partial charge on any atom is 0.344 e. The van der Waals surface area contributed by atoms with E-state index in [1.807, 2.05) is 43.3 Å². The Hall–Kier alpha value is -2.26. The number of nitrogens with zero attached hydrogens (tertiary/aromatic N) is 2.